The Kier molecular flexibility index (Phi) is 3.07. The van der Waals surface area contributed by atoms with Gasteiger partial charge in [-0.2, -0.15) is 0 Å². The smallest absolute Gasteiger partial charge is 0.161 e. The van der Waals surface area contributed by atoms with Crippen LogP contribution in [-0.4, -0.2) is 23.1 Å². The number of benzene rings is 1. The largest absolute Gasteiger partial charge is 0.497 e. The standard InChI is InChI=1S/C15H17N3O/c1-10-9-16-15(18-14(10)17-12-5-6-12)11-3-7-13(19-2)8-4-11/h3-4,7-9,12H,5-6H2,1-2H3,(H,16,17,18). The van der Waals surface area contributed by atoms with E-state index < -0.39 is 0 Å². The fourth-order valence-corrected chi connectivity index (χ4v) is 1.89. The Morgan fingerprint density at radius 2 is 1.95 bits per heavy atom. The molecular formula is C15H17N3O. The average molecular weight is 255 g/mol. The topological polar surface area (TPSA) is 47.0 Å². The molecule has 0 saturated heterocycles. The van der Waals surface area contributed by atoms with Crippen molar-refractivity contribution < 1.29 is 4.74 Å². The first-order valence-corrected chi connectivity index (χ1v) is 6.51. The molecule has 4 heteroatoms. The van der Waals surface area contributed by atoms with Crippen LogP contribution < -0.4 is 10.1 Å². The van der Waals surface area contributed by atoms with E-state index in [0.717, 1.165) is 28.5 Å². The molecule has 0 bridgehead atoms. The van der Waals surface area contributed by atoms with Gasteiger partial charge in [-0.15, -0.1) is 0 Å². The number of rotatable bonds is 4. The van der Waals surface area contributed by atoms with Gasteiger partial charge < -0.3 is 10.1 Å². The molecule has 1 aliphatic carbocycles. The van der Waals surface area contributed by atoms with Crippen molar-refractivity contribution in [2.75, 3.05) is 12.4 Å². The lowest BCUT2D eigenvalue weighted by Gasteiger charge is -2.09. The van der Waals surface area contributed by atoms with Gasteiger partial charge in [0.25, 0.3) is 0 Å². The van der Waals surface area contributed by atoms with Crippen molar-refractivity contribution in [2.45, 2.75) is 25.8 Å². The fraction of sp³-hybridized carbons (Fsp3) is 0.333. The number of hydrogen-bond acceptors (Lipinski definition) is 4. The van der Waals surface area contributed by atoms with E-state index in [1.807, 2.05) is 37.4 Å². The minimum Gasteiger partial charge on any atom is -0.497 e. The zero-order valence-electron chi connectivity index (χ0n) is 11.2. The summed E-state index contributed by atoms with van der Waals surface area (Å²) < 4.78 is 5.16. The van der Waals surface area contributed by atoms with E-state index >= 15 is 0 Å². The molecule has 0 radical (unpaired) electrons. The number of methoxy groups -OCH3 is 1. The van der Waals surface area contributed by atoms with Gasteiger partial charge in [-0.25, -0.2) is 9.97 Å². The van der Waals surface area contributed by atoms with Gasteiger partial charge >= 0.3 is 0 Å². The predicted octanol–water partition coefficient (Wildman–Crippen LogP) is 3.03. The van der Waals surface area contributed by atoms with Crippen LogP contribution in [0.15, 0.2) is 30.5 Å². The highest BCUT2D eigenvalue weighted by Crippen LogP contribution is 2.27. The Bertz CT molecular complexity index is 576. The number of hydrogen-bond donors (Lipinski definition) is 1. The molecule has 19 heavy (non-hydrogen) atoms. The van der Waals surface area contributed by atoms with Gasteiger partial charge in [-0.3, -0.25) is 0 Å². The highest BCUT2D eigenvalue weighted by Gasteiger charge is 2.22. The second-order valence-corrected chi connectivity index (χ2v) is 4.87. The van der Waals surface area contributed by atoms with Crippen molar-refractivity contribution in [3.63, 3.8) is 0 Å². The Labute approximate surface area is 112 Å². The summed E-state index contributed by atoms with van der Waals surface area (Å²) >= 11 is 0. The monoisotopic (exact) mass is 255 g/mol. The molecule has 0 amide bonds. The van der Waals surface area contributed by atoms with Crippen LogP contribution in [0.4, 0.5) is 5.82 Å². The van der Waals surface area contributed by atoms with Crippen LogP contribution in [-0.2, 0) is 0 Å². The number of anilines is 1. The zero-order chi connectivity index (χ0) is 13.2. The molecule has 0 unspecified atom stereocenters. The van der Waals surface area contributed by atoms with E-state index in [2.05, 4.69) is 15.3 Å². The number of nitrogens with one attached hydrogen (secondary N) is 1. The van der Waals surface area contributed by atoms with E-state index in [-0.39, 0.29) is 0 Å². The molecule has 98 valence electrons. The maximum atomic E-state index is 5.16. The molecule has 1 aromatic heterocycles. The van der Waals surface area contributed by atoms with E-state index in [0.29, 0.717) is 6.04 Å². The lowest BCUT2D eigenvalue weighted by Crippen LogP contribution is -2.06. The van der Waals surface area contributed by atoms with Gasteiger partial charge in [-0.1, -0.05) is 0 Å². The normalized spacial score (nSPS) is 14.2. The summed E-state index contributed by atoms with van der Waals surface area (Å²) in [4.78, 5) is 9.02. The van der Waals surface area contributed by atoms with Crippen LogP contribution in [0, 0.1) is 6.92 Å². The summed E-state index contributed by atoms with van der Waals surface area (Å²) in [5, 5.41) is 3.44. The van der Waals surface area contributed by atoms with Crippen molar-refractivity contribution in [1.82, 2.24) is 9.97 Å². The van der Waals surface area contributed by atoms with Gasteiger partial charge in [0.2, 0.25) is 0 Å². The fourth-order valence-electron chi connectivity index (χ4n) is 1.89. The van der Waals surface area contributed by atoms with Crippen LogP contribution in [0.25, 0.3) is 11.4 Å². The van der Waals surface area contributed by atoms with Crippen molar-refractivity contribution in [2.24, 2.45) is 0 Å². The minimum atomic E-state index is 0.595. The highest BCUT2D eigenvalue weighted by atomic mass is 16.5. The third-order valence-corrected chi connectivity index (χ3v) is 3.24. The lowest BCUT2D eigenvalue weighted by molar-refractivity contribution is 0.415. The summed E-state index contributed by atoms with van der Waals surface area (Å²) in [5.41, 5.74) is 2.09. The van der Waals surface area contributed by atoms with Crippen LogP contribution in [0.1, 0.15) is 18.4 Å². The van der Waals surface area contributed by atoms with Crippen LogP contribution >= 0.6 is 0 Å². The maximum absolute atomic E-state index is 5.16. The SMILES string of the molecule is COc1ccc(-c2ncc(C)c(NC3CC3)n2)cc1. The van der Waals surface area contributed by atoms with Crippen LogP contribution in [0.3, 0.4) is 0 Å². The van der Waals surface area contributed by atoms with Crippen LogP contribution in [0.2, 0.25) is 0 Å². The average Bonchev–Trinajstić information content (AvgIpc) is 3.25. The van der Waals surface area contributed by atoms with Gasteiger partial charge in [0, 0.05) is 23.4 Å². The number of nitrogens with zero attached hydrogens (tertiary/aromatic N) is 2. The number of ether oxygens (including phenoxy) is 1. The number of aryl methyl sites for hydroxylation is 1. The van der Waals surface area contributed by atoms with Crippen molar-refractivity contribution in [3.8, 4) is 17.1 Å². The molecule has 1 aliphatic rings. The molecule has 1 heterocycles. The second-order valence-electron chi connectivity index (χ2n) is 4.87. The lowest BCUT2D eigenvalue weighted by atomic mass is 10.2. The second kappa shape index (κ2) is 4.88. The Morgan fingerprint density at radius 3 is 2.58 bits per heavy atom. The molecule has 0 aliphatic heterocycles. The molecule has 1 saturated carbocycles. The molecule has 1 N–H and O–H groups in total. The van der Waals surface area contributed by atoms with E-state index in [1.54, 1.807) is 7.11 Å². The summed E-state index contributed by atoms with van der Waals surface area (Å²) in [6.07, 6.45) is 4.35. The van der Waals surface area contributed by atoms with Gasteiger partial charge in [0.05, 0.1) is 7.11 Å². The van der Waals surface area contributed by atoms with Crippen molar-refractivity contribution in [3.05, 3.63) is 36.0 Å². The summed E-state index contributed by atoms with van der Waals surface area (Å²) in [7, 11) is 1.66. The number of aromatic nitrogens is 2. The van der Waals surface area contributed by atoms with E-state index in [9.17, 15) is 0 Å². The first-order valence-electron chi connectivity index (χ1n) is 6.51. The zero-order valence-corrected chi connectivity index (χ0v) is 11.2. The Morgan fingerprint density at radius 1 is 1.21 bits per heavy atom. The van der Waals surface area contributed by atoms with Gasteiger partial charge in [-0.05, 0) is 44.0 Å². The molecule has 2 aromatic rings. The molecular weight excluding hydrogens is 238 g/mol. The minimum absolute atomic E-state index is 0.595. The molecule has 0 spiro atoms. The van der Waals surface area contributed by atoms with Gasteiger partial charge in [0.1, 0.15) is 11.6 Å². The van der Waals surface area contributed by atoms with E-state index in [4.69, 9.17) is 4.74 Å². The first-order chi connectivity index (χ1) is 9.26. The maximum Gasteiger partial charge on any atom is 0.161 e. The Balaban J connectivity index is 1.90. The van der Waals surface area contributed by atoms with E-state index in [1.165, 1.54) is 12.8 Å². The molecule has 1 fully saturated rings. The van der Waals surface area contributed by atoms with Crippen LogP contribution in [0.5, 0.6) is 5.75 Å². The Hall–Kier alpha value is -2.10. The molecule has 1 aromatic carbocycles. The first kappa shape index (κ1) is 12.0. The summed E-state index contributed by atoms with van der Waals surface area (Å²) in [6.45, 7) is 2.03. The summed E-state index contributed by atoms with van der Waals surface area (Å²) in [6, 6.07) is 8.39. The quantitative estimate of drug-likeness (QED) is 0.912. The third-order valence-electron chi connectivity index (χ3n) is 3.24. The predicted molar refractivity (Wildman–Crippen MR) is 75.4 cm³/mol. The van der Waals surface area contributed by atoms with Gasteiger partial charge in [0.15, 0.2) is 5.82 Å². The molecule has 0 atom stereocenters. The van der Waals surface area contributed by atoms with Crippen molar-refractivity contribution >= 4 is 5.82 Å². The summed E-state index contributed by atoms with van der Waals surface area (Å²) in [5.74, 6) is 2.53. The molecule has 3 rings (SSSR count). The highest BCUT2D eigenvalue weighted by molar-refractivity contribution is 5.59. The third kappa shape index (κ3) is 2.67. The molecule has 4 nitrogen and oxygen atoms in total. The van der Waals surface area contributed by atoms with Crippen molar-refractivity contribution in [1.29, 1.82) is 0 Å².